The van der Waals surface area contributed by atoms with Crippen molar-refractivity contribution in [3.63, 3.8) is 0 Å². The largest absolute Gasteiger partial charge is 0.452 e. The van der Waals surface area contributed by atoms with Crippen molar-refractivity contribution in [2.24, 2.45) is 11.7 Å². The standard InChI is InChI=1S/C11H19BrN2O3S/c1-4-8(2)7-14(3)18(15,16)10-5-9(6-13)17-11(10)12/h5,8H,4,6-7,13H2,1-3H3. The third kappa shape index (κ3) is 3.34. The van der Waals surface area contributed by atoms with Crippen LogP contribution >= 0.6 is 15.9 Å². The molecule has 2 N–H and O–H groups in total. The molecule has 0 spiro atoms. The summed E-state index contributed by atoms with van der Waals surface area (Å²) in [7, 11) is -1.95. The van der Waals surface area contributed by atoms with Gasteiger partial charge in [0.2, 0.25) is 10.0 Å². The van der Waals surface area contributed by atoms with Crippen LogP contribution < -0.4 is 5.73 Å². The van der Waals surface area contributed by atoms with Crippen molar-refractivity contribution in [3.8, 4) is 0 Å². The Morgan fingerprint density at radius 3 is 2.61 bits per heavy atom. The third-order valence-corrected chi connectivity index (χ3v) is 5.54. The van der Waals surface area contributed by atoms with Gasteiger partial charge in [-0.05, 0) is 21.8 Å². The maximum Gasteiger partial charge on any atom is 0.247 e. The summed E-state index contributed by atoms with van der Waals surface area (Å²) in [5, 5.41) is 0. The Kier molecular flexibility index (Phi) is 5.39. The molecular formula is C11H19BrN2O3S. The monoisotopic (exact) mass is 338 g/mol. The lowest BCUT2D eigenvalue weighted by molar-refractivity contribution is 0.392. The van der Waals surface area contributed by atoms with Crippen LogP contribution in [-0.2, 0) is 16.6 Å². The van der Waals surface area contributed by atoms with Crippen molar-refractivity contribution < 1.29 is 12.8 Å². The Balaban J connectivity index is 3.01. The Morgan fingerprint density at radius 1 is 1.56 bits per heavy atom. The average molecular weight is 339 g/mol. The zero-order valence-electron chi connectivity index (χ0n) is 10.8. The van der Waals surface area contributed by atoms with E-state index in [1.165, 1.54) is 10.4 Å². The summed E-state index contributed by atoms with van der Waals surface area (Å²) < 4.78 is 31.4. The van der Waals surface area contributed by atoms with E-state index in [1.807, 2.05) is 13.8 Å². The second kappa shape index (κ2) is 6.18. The number of nitrogens with zero attached hydrogens (tertiary/aromatic N) is 1. The van der Waals surface area contributed by atoms with Gasteiger partial charge in [0, 0.05) is 19.7 Å². The van der Waals surface area contributed by atoms with E-state index in [9.17, 15) is 8.42 Å². The van der Waals surface area contributed by atoms with Crippen molar-refractivity contribution in [1.82, 2.24) is 4.31 Å². The topological polar surface area (TPSA) is 76.5 Å². The molecule has 18 heavy (non-hydrogen) atoms. The van der Waals surface area contributed by atoms with Crippen LogP contribution in [0.2, 0.25) is 0 Å². The van der Waals surface area contributed by atoms with Crippen LogP contribution in [0.15, 0.2) is 20.0 Å². The fraction of sp³-hybridized carbons (Fsp3) is 0.636. The molecule has 1 rings (SSSR count). The van der Waals surface area contributed by atoms with Crippen molar-refractivity contribution in [3.05, 3.63) is 16.5 Å². The van der Waals surface area contributed by atoms with Gasteiger partial charge < -0.3 is 10.2 Å². The number of furan rings is 1. The van der Waals surface area contributed by atoms with Gasteiger partial charge >= 0.3 is 0 Å². The smallest absolute Gasteiger partial charge is 0.247 e. The second-order valence-corrected chi connectivity index (χ2v) is 7.09. The molecular weight excluding hydrogens is 320 g/mol. The highest BCUT2D eigenvalue weighted by Gasteiger charge is 2.27. The lowest BCUT2D eigenvalue weighted by Gasteiger charge is -2.19. The molecule has 0 saturated carbocycles. The Bertz CT molecular complexity index is 498. The van der Waals surface area contributed by atoms with Gasteiger partial charge in [0.05, 0.1) is 6.54 Å². The Labute approximate surface area is 117 Å². The maximum atomic E-state index is 12.3. The highest BCUT2D eigenvalue weighted by atomic mass is 79.9. The number of halogens is 1. The molecule has 1 atom stereocenters. The van der Waals surface area contributed by atoms with E-state index in [4.69, 9.17) is 10.2 Å². The first-order chi connectivity index (χ1) is 8.32. The number of hydrogen-bond donors (Lipinski definition) is 1. The first-order valence-corrected chi connectivity index (χ1v) is 8.00. The average Bonchev–Trinajstić information content (AvgIpc) is 2.70. The summed E-state index contributed by atoms with van der Waals surface area (Å²) in [5.74, 6) is 0.752. The zero-order chi connectivity index (χ0) is 13.9. The molecule has 1 aromatic rings. The van der Waals surface area contributed by atoms with Gasteiger partial charge in [-0.2, -0.15) is 0 Å². The molecule has 0 radical (unpaired) electrons. The van der Waals surface area contributed by atoms with Crippen molar-refractivity contribution in [2.45, 2.75) is 31.7 Å². The fourth-order valence-electron chi connectivity index (χ4n) is 1.51. The predicted molar refractivity (Wildman–Crippen MR) is 73.6 cm³/mol. The highest BCUT2D eigenvalue weighted by molar-refractivity contribution is 9.10. The van der Waals surface area contributed by atoms with Gasteiger partial charge in [0.15, 0.2) is 4.67 Å². The molecule has 0 bridgehead atoms. The van der Waals surface area contributed by atoms with Gasteiger partial charge in [-0.1, -0.05) is 20.3 Å². The van der Waals surface area contributed by atoms with Crippen molar-refractivity contribution >= 4 is 26.0 Å². The lowest BCUT2D eigenvalue weighted by atomic mass is 10.1. The SMILES string of the molecule is CCC(C)CN(C)S(=O)(=O)c1cc(CN)oc1Br. The predicted octanol–water partition coefficient (Wildman–Crippen LogP) is 2.17. The summed E-state index contributed by atoms with van der Waals surface area (Å²) in [4.78, 5) is 0.133. The molecule has 0 saturated heterocycles. The molecule has 1 heterocycles. The Hall–Kier alpha value is -0.370. The highest BCUT2D eigenvalue weighted by Crippen LogP contribution is 2.28. The summed E-state index contributed by atoms with van der Waals surface area (Å²) in [6.07, 6.45) is 0.931. The summed E-state index contributed by atoms with van der Waals surface area (Å²) in [6.45, 7) is 4.70. The lowest BCUT2D eigenvalue weighted by Crippen LogP contribution is -2.31. The van der Waals surface area contributed by atoms with E-state index < -0.39 is 10.0 Å². The van der Waals surface area contributed by atoms with Crippen LogP contribution in [0.5, 0.6) is 0 Å². The number of rotatable bonds is 6. The van der Waals surface area contributed by atoms with Crippen molar-refractivity contribution in [1.29, 1.82) is 0 Å². The van der Waals surface area contributed by atoms with E-state index in [0.29, 0.717) is 18.2 Å². The number of nitrogens with two attached hydrogens (primary N) is 1. The fourth-order valence-corrected chi connectivity index (χ4v) is 3.76. The van der Waals surface area contributed by atoms with Gasteiger partial charge in [-0.15, -0.1) is 0 Å². The van der Waals surface area contributed by atoms with E-state index in [2.05, 4.69) is 15.9 Å². The quantitative estimate of drug-likeness (QED) is 0.862. The summed E-state index contributed by atoms with van der Waals surface area (Å²) in [6, 6.07) is 1.46. The van der Waals surface area contributed by atoms with E-state index in [0.717, 1.165) is 6.42 Å². The van der Waals surface area contributed by atoms with Gasteiger partial charge in [0.1, 0.15) is 10.7 Å². The molecule has 0 fully saturated rings. The number of hydrogen-bond acceptors (Lipinski definition) is 4. The van der Waals surface area contributed by atoms with E-state index in [1.54, 1.807) is 7.05 Å². The molecule has 7 heteroatoms. The van der Waals surface area contributed by atoms with E-state index >= 15 is 0 Å². The zero-order valence-corrected chi connectivity index (χ0v) is 13.2. The summed E-state index contributed by atoms with van der Waals surface area (Å²) >= 11 is 3.12. The van der Waals surface area contributed by atoms with Crippen LogP contribution in [0.25, 0.3) is 0 Å². The number of sulfonamides is 1. The van der Waals surface area contributed by atoms with Gasteiger partial charge in [-0.25, -0.2) is 12.7 Å². The van der Waals surface area contributed by atoms with Gasteiger partial charge in [0.25, 0.3) is 0 Å². The molecule has 0 aliphatic carbocycles. The molecule has 5 nitrogen and oxygen atoms in total. The van der Waals surface area contributed by atoms with Crippen LogP contribution in [0.3, 0.4) is 0 Å². The van der Waals surface area contributed by atoms with Crippen LogP contribution in [0.1, 0.15) is 26.0 Å². The minimum atomic E-state index is -3.53. The third-order valence-electron chi connectivity index (χ3n) is 2.86. The second-order valence-electron chi connectivity index (χ2n) is 4.35. The van der Waals surface area contributed by atoms with Crippen LogP contribution in [-0.4, -0.2) is 26.3 Å². The minimum absolute atomic E-state index is 0.133. The molecule has 104 valence electrons. The van der Waals surface area contributed by atoms with Gasteiger partial charge in [-0.3, -0.25) is 0 Å². The molecule has 0 aliphatic rings. The molecule has 1 unspecified atom stereocenters. The molecule has 0 aromatic carbocycles. The van der Waals surface area contributed by atoms with Crippen LogP contribution in [0.4, 0.5) is 0 Å². The van der Waals surface area contributed by atoms with E-state index in [-0.39, 0.29) is 16.1 Å². The minimum Gasteiger partial charge on any atom is -0.452 e. The maximum absolute atomic E-state index is 12.3. The van der Waals surface area contributed by atoms with Crippen LogP contribution in [0, 0.1) is 5.92 Å². The first-order valence-electron chi connectivity index (χ1n) is 5.77. The Morgan fingerprint density at radius 2 is 2.17 bits per heavy atom. The molecule has 0 aliphatic heterocycles. The van der Waals surface area contributed by atoms with Crippen molar-refractivity contribution in [2.75, 3.05) is 13.6 Å². The normalized spacial score (nSPS) is 14.1. The summed E-state index contributed by atoms with van der Waals surface area (Å²) in [5.41, 5.74) is 5.43. The molecule has 0 amide bonds. The first kappa shape index (κ1) is 15.7. The molecule has 1 aromatic heterocycles.